The minimum Gasteiger partial charge on any atom is -0.398 e. The average molecular weight is 314 g/mol. The molecule has 0 spiro atoms. The fourth-order valence-electron chi connectivity index (χ4n) is 1.51. The molecule has 0 atom stereocenters. The van der Waals surface area contributed by atoms with Gasteiger partial charge in [-0.2, -0.15) is 0 Å². The van der Waals surface area contributed by atoms with E-state index in [4.69, 9.17) is 17.3 Å². The van der Waals surface area contributed by atoms with Gasteiger partial charge in [0.2, 0.25) is 0 Å². The van der Waals surface area contributed by atoms with Gasteiger partial charge in [0.25, 0.3) is 5.56 Å². The van der Waals surface area contributed by atoms with Gasteiger partial charge in [-0.3, -0.25) is 4.79 Å². The van der Waals surface area contributed by atoms with E-state index < -0.39 is 0 Å². The van der Waals surface area contributed by atoms with E-state index in [-0.39, 0.29) is 5.56 Å². The molecule has 0 fully saturated rings. The van der Waals surface area contributed by atoms with Crippen molar-refractivity contribution >= 4 is 33.2 Å². The Morgan fingerprint density at radius 2 is 2.06 bits per heavy atom. The summed E-state index contributed by atoms with van der Waals surface area (Å²) in [6, 6.07) is 8.60. The van der Waals surface area contributed by atoms with Crippen molar-refractivity contribution in [2.75, 3.05) is 5.73 Å². The van der Waals surface area contributed by atoms with Crippen LogP contribution < -0.4 is 11.3 Å². The molecule has 2 N–H and O–H groups in total. The molecule has 3 nitrogen and oxygen atoms in total. The molecular formula is C12H10BrClN2O. The van der Waals surface area contributed by atoms with E-state index in [1.807, 2.05) is 12.1 Å². The Bertz CT molecular complexity index is 610. The molecule has 88 valence electrons. The van der Waals surface area contributed by atoms with Crippen LogP contribution in [-0.2, 0) is 6.54 Å². The molecule has 0 saturated heterocycles. The molecule has 5 heteroatoms. The number of pyridine rings is 1. The molecule has 0 aliphatic carbocycles. The molecule has 0 aliphatic heterocycles. The molecule has 0 unspecified atom stereocenters. The van der Waals surface area contributed by atoms with Crippen LogP contribution in [0.4, 0.5) is 5.69 Å². The number of anilines is 1. The molecule has 1 aromatic carbocycles. The third-order valence-electron chi connectivity index (χ3n) is 2.36. The third-order valence-corrected chi connectivity index (χ3v) is 3.21. The van der Waals surface area contributed by atoms with Crippen LogP contribution in [0.25, 0.3) is 0 Å². The molecule has 0 bridgehead atoms. The summed E-state index contributed by atoms with van der Waals surface area (Å²) in [5, 5.41) is 0.619. The first-order valence-electron chi connectivity index (χ1n) is 4.96. The zero-order chi connectivity index (χ0) is 12.4. The molecule has 2 aromatic rings. The van der Waals surface area contributed by atoms with Crippen LogP contribution in [0.1, 0.15) is 5.56 Å². The monoisotopic (exact) mass is 312 g/mol. The molecule has 2 rings (SSSR count). The highest BCUT2D eigenvalue weighted by Crippen LogP contribution is 2.21. The van der Waals surface area contributed by atoms with Gasteiger partial charge >= 0.3 is 0 Å². The lowest BCUT2D eigenvalue weighted by molar-refractivity contribution is 0.761. The summed E-state index contributed by atoms with van der Waals surface area (Å²) in [4.78, 5) is 11.6. The van der Waals surface area contributed by atoms with Crippen molar-refractivity contribution in [1.29, 1.82) is 0 Å². The van der Waals surface area contributed by atoms with Gasteiger partial charge in [0.05, 0.1) is 6.54 Å². The Balaban J connectivity index is 2.38. The number of halogens is 2. The van der Waals surface area contributed by atoms with Crippen molar-refractivity contribution in [2.45, 2.75) is 6.54 Å². The van der Waals surface area contributed by atoms with Crippen LogP contribution in [0.2, 0.25) is 5.02 Å². The second kappa shape index (κ2) is 4.94. The summed E-state index contributed by atoms with van der Waals surface area (Å²) in [5.41, 5.74) is 6.98. The smallest absolute Gasteiger partial charge is 0.250 e. The normalized spacial score (nSPS) is 10.5. The van der Waals surface area contributed by atoms with Gasteiger partial charge in [-0.25, -0.2) is 0 Å². The Kier molecular flexibility index (Phi) is 3.54. The van der Waals surface area contributed by atoms with Crippen molar-refractivity contribution in [3.63, 3.8) is 0 Å². The highest BCUT2D eigenvalue weighted by molar-refractivity contribution is 9.10. The average Bonchev–Trinajstić information content (AvgIpc) is 2.27. The van der Waals surface area contributed by atoms with Gasteiger partial charge in [-0.05, 0) is 23.8 Å². The molecule has 1 aromatic heterocycles. The summed E-state index contributed by atoms with van der Waals surface area (Å²) in [5.74, 6) is 0. The molecule has 0 amide bonds. The van der Waals surface area contributed by atoms with E-state index in [2.05, 4.69) is 15.9 Å². The fraction of sp³-hybridized carbons (Fsp3) is 0.0833. The van der Waals surface area contributed by atoms with Crippen LogP contribution >= 0.6 is 27.5 Å². The lowest BCUT2D eigenvalue weighted by Gasteiger charge is -2.08. The highest BCUT2D eigenvalue weighted by atomic mass is 79.9. The summed E-state index contributed by atoms with van der Waals surface area (Å²) in [6.45, 7) is 0.413. The van der Waals surface area contributed by atoms with E-state index >= 15 is 0 Å². The summed E-state index contributed by atoms with van der Waals surface area (Å²) in [6.07, 6.45) is 1.61. The first-order chi connectivity index (χ1) is 8.06. The van der Waals surface area contributed by atoms with Crippen molar-refractivity contribution in [2.24, 2.45) is 0 Å². The van der Waals surface area contributed by atoms with Gasteiger partial charge in [-0.15, -0.1) is 0 Å². The van der Waals surface area contributed by atoms with E-state index in [9.17, 15) is 4.79 Å². The van der Waals surface area contributed by atoms with Crippen molar-refractivity contribution in [1.82, 2.24) is 4.57 Å². The minimum atomic E-state index is -0.0989. The molecule has 0 aliphatic rings. The zero-order valence-corrected chi connectivity index (χ0v) is 11.2. The second-order valence-electron chi connectivity index (χ2n) is 3.66. The van der Waals surface area contributed by atoms with Gasteiger partial charge in [-0.1, -0.05) is 33.6 Å². The number of nitrogen functional groups attached to an aromatic ring is 1. The van der Waals surface area contributed by atoms with Crippen LogP contribution in [0.15, 0.2) is 45.8 Å². The lowest BCUT2D eigenvalue weighted by atomic mass is 10.2. The maximum Gasteiger partial charge on any atom is 0.250 e. The summed E-state index contributed by atoms with van der Waals surface area (Å²) >= 11 is 9.43. The minimum absolute atomic E-state index is 0.0989. The number of benzene rings is 1. The SMILES string of the molecule is Nc1ccc(=O)n(Cc2ccc(Br)cc2Cl)c1. The van der Waals surface area contributed by atoms with E-state index in [1.54, 1.807) is 18.3 Å². The number of nitrogens with two attached hydrogens (primary N) is 1. The van der Waals surface area contributed by atoms with E-state index in [0.29, 0.717) is 17.3 Å². The van der Waals surface area contributed by atoms with Crippen LogP contribution in [0.5, 0.6) is 0 Å². The maximum atomic E-state index is 11.6. The number of hydrogen-bond acceptors (Lipinski definition) is 2. The number of hydrogen-bond donors (Lipinski definition) is 1. The Morgan fingerprint density at radius 1 is 1.29 bits per heavy atom. The zero-order valence-electron chi connectivity index (χ0n) is 8.86. The number of aromatic nitrogens is 1. The molecule has 1 heterocycles. The first kappa shape index (κ1) is 12.2. The lowest BCUT2D eigenvalue weighted by Crippen LogP contribution is -2.19. The van der Waals surface area contributed by atoms with Gasteiger partial charge in [0.15, 0.2) is 0 Å². The predicted molar refractivity (Wildman–Crippen MR) is 73.4 cm³/mol. The van der Waals surface area contributed by atoms with Crippen molar-refractivity contribution < 1.29 is 0 Å². The van der Waals surface area contributed by atoms with Crippen LogP contribution in [0.3, 0.4) is 0 Å². The molecule has 0 saturated carbocycles. The first-order valence-corrected chi connectivity index (χ1v) is 6.13. The summed E-state index contributed by atoms with van der Waals surface area (Å²) < 4.78 is 2.44. The Hall–Kier alpha value is -1.26. The molecule has 17 heavy (non-hydrogen) atoms. The quantitative estimate of drug-likeness (QED) is 0.926. The predicted octanol–water partition coefficient (Wildman–Crippen LogP) is 2.89. The van der Waals surface area contributed by atoms with Gasteiger partial charge < -0.3 is 10.3 Å². The number of rotatable bonds is 2. The van der Waals surface area contributed by atoms with Crippen molar-refractivity contribution in [3.05, 3.63) is 61.9 Å². The number of nitrogens with zero attached hydrogens (tertiary/aromatic N) is 1. The van der Waals surface area contributed by atoms with E-state index in [1.165, 1.54) is 10.6 Å². The standard InChI is InChI=1S/C12H10BrClN2O/c13-9-2-1-8(11(14)5-9)6-16-7-10(15)3-4-12(16)17/h1-5,7H,6,15H2. The maximum absolute atomic E-state index is 11.6. The van der Waals surface area contributed by atoms with Gasteiger partial charge in [0, 0.05) is 27.4 Å². The Labute approximate surface area is 112 Å². The van der Waals surface area contributed by atoms with E-state index in [0.717, 1.165) is 10.0 Å². The molecule has 0 radical (unpaired) electrons. The third kappa shape index (κ3) is 2.90. The van der Waals surface area contributed by atoms with Crippen LogP contribution in [-0.4, -0.2) is 4.57 Å². The summed E-state index contributed by atoms with van der Waals surface area (Å²) in [7, 11) is 0. The topological polar surface area (TPSA) is 48.0 Å². The molecular weight excluding hydrogens is 304 g/mol. The fourth-order valence-corrected chi connectivity index (χ4v) is 2.24. The van der Waals surface area contributed by atoms with Crippen LogP contribution in [0, 0.1) is 0 Å². The Morgan fingerprint density at radius 3 is 2.76 bits per heavy atom. The van der Waals surface area contributed by atoms with Crippen molar-refractivity contribution in [3.8, 4) is 0 Å². The van der Waals surface area contributed by atoms with Gasteiger partial charge in [0.1, 0.15) is 0 Å². The highest BCUT2D eigenvalue weighted by Gasteiger charge is 2.03. The largest absolute Gasteiger partial charge is 0.398 e. The second-order valence-corrected chi connectivity index (χ2v) is 4.99.